The standard InChI is InChI=1S/C8H19NO.ClH/c1-6(2)5-7(9)8(3,4)10;/h6-7,10H,5,9H2,1-4H3;1H/t7-;/m0./s1. The average Bonchev–Trinajstić information content (AvgIpc) is 1.60. The van der Waals surface area contributed by atoms with E-state index in [0.29, 0.717) is 5.92 Å². The van der Waals surface area contributed by atoms with Crippen LogP contribution in [0.15, 0.2) is 0 Å². The minimum atomic E-state index is -0.732. The van der Waals surface area contributed by atoms with Gasteiger partial charge in [-0.3, -0.25) is 0 Å². The molecule has 0 aromatic rings. The van der Waals surface area contributed by atoms with E-state index in [1.807, 2.05) is 0 Å². The molecule has 3 N–H and O–H groups in total. The van der Waals surface area contributed by atoms with Gasteiger partial charge in [0.15, 0.2) is 0 Å². The summed E-state index contributed by atoms with van der Waals surface area (Å²) in [5.41, 5.74) is 4.97. The normalized spacial score (nSPS) is 14.5. The Morgan fingerprint density at radius 2 is 1.73 bits per heavy atom. The summed E-state index contributed by atoms with van der Waals surface area (Å²) in [7, 11) is 0. The zero-order valence-electron chi connectivity index (χ0n) is 7.79. The van der Waals surface area contributed by atoms with Crippen LogP contribution in [0.2, 0.25) is 0 Å². The summed E-state index contributed by atoms with van der Waals surface area (Å²) in [4.78, 5) is 0. The number of hydrogen-bond acceptors (Lipinski definition) is 2. The molecule has 1 atom stereocenters. The van der Waals surface area contributed by atoms with Crippen LogP contribution in [0, 0.1) is 5.92 Å². The van der Waals surface area contributed by atoms with Crippen LogP contribution in [0.5, 0.6) is 0 Å². The molecular weight excluding hydrogens is 162 g/mol. The Morgan fingerprint density at radius 3 is 1.82 bits per heavy atom. The Morgan fingerprint density at radius 1 is 1.36 bits per heavy atom. The summed E-state index contributed by atoms with van der Waals surface area (Å²) >= 11 is 0. The molecule has 0 aliphatic rings. The van der Waals surface area contributed by atoms with Crippen molar-refractivity contribution in [3.8, 4) is 0 Å². The van der Waals surface area contributed by atoms with E-state index in [1.54, 1.807) is 13.8 Å². The first-order chi connectivity index (χ1) is 4.34. The molecular formula is C8H20ClNO. The number of nitrogens with two attached hydrogens (primary N) is 1. The van der Waals surface area contributed by atoms with Crippen LogP contribution in [-0.2, 0) is 0 Å². The van der Waals surface area contributed by atoms with E-state index >= 15 is 0 Å². The number of rotatable bonds is 3. The molecule has 0 rings (SSSR count). The quantitative estimate of drug-likeness (QED) is 0.694. The van der Waals surface area contributed by atoms with E-state index in [1.165, 1.54) is 0 Å². The lowest BCUT2D eigenvalue weighted by atomic mass is 9.92. The molecule has 0 saturated carbocycles. The molecule has 3 heteroatoms. The monoisotopic (exact) mass is 181 g/mol. The fourth-order valence-electron chi connectivity index (χ4n) is 0.796. The Bertz CT molecular complexity index is 98.8. The molecule has 0 saturated heterocycles. The summed E-state index contributed by atoms with van der Waals surface area (Å²) in [5.74, 6) is 0.557. The minimum Gasteiger partial charge on any atom is -0.389 e. The number of aliphatic hydroxyl groups is 1. The molecule has 0 heterocycles. The van der Waals surface area contributed by atoms with Crippen LogP contribution in [0.3, 0.4) is 0 Å². The van der Waals surface area contributed by atoms with E-state index in [-0.39, 0.29) is 18.4 Å². The SMILES string of the molecule is CC(C)C[C@H](N)C(C)(C)O.Cl. The first-order valence-corrected chi connectivity index (χ1v) is 3.82. The van der Waals surface area contributed by atoms with Crippen molar-refractivity contribution in [1.29, 1.82) is 0 Å². The summed E-state index contributed by atoms with van der Waals surface area (Å²) in [6.07, 6.45) is 0.878. The fourth-order valence-corrected chi connectivity index (χ4v) is 0.796. The molecule has 11 heavy (non-hydrogen) atoms. The zero-order chi connectivity index (χ0) is 8.36. The van der Waals surface area contributed by atoms with E-state index < -0.39 is 5.60 Å². The van der Waals surface area contributed by atoms with Gasteiger partial charge in [0.2, 0.25) is 0 Å². The van der Waals surface area contributed by atoms with Gasteiger partial charge in [0.1, 0.15) is 0 Å². The molecule has 0 aliphatic heterocycles. The number of halogens is 1. The molecule has 0 radical (unpaired) electrons. The predicted molar refractivity (Wildman–Crippen MR) is 51.0 cm³/mol. The number of hydrogen-bond donors (Lipinski definition) is 2. The van der Waals surface area contributed by atoms with Crippen molar-refractivity contribution < 1.29 is 5.11 Å². The van der Waals surface area contributed by atoms with E-state index in [9.17, 15) is 5.11 Å². The van der Waals surface area contributed by atoms with Crippen molar-refractivity contribution in [2.75, 3.05) is 0 Å². The van der Waals surface area contributed by atoms with Crippen LogP contribution in [-0.4, -0.2) is 16.7 Å². The smallest absolute Gasteiger partial charge is 0.0742 e. The van der Waals surface area contributed by atoms with Crippen molar-refractivity contribution in [1.82, 2.24) is 0 Å². The maximum absolute atomic E-state index is 9.41. The van der Waals surface area contributed by atoms with Gasteiger partial charge in [-0.25, -0.2) is 0 Å². The van der Waals surface area contributed by atoms with Crippen LogP contribution in [0.4, 0.5) is 0 Å². The summed E-state index contributed by atoms with van der Waals surface area (Å²) < 4.78 is 0. The van der Waals surface area contributed by atoms with Gasteiger partial charge in [-0.15, -0.1) is 12.4 Å². The summed E-state index contributed by atoms with van der Waals surface area (Å²) in [6, 6.07) is -0.104. The Kier molecular flexibility index (Phi) is 6.22. The van der Waals surface area contributed by atoms with Gasteiger partial charge >= 0.3 is 0 Å². The second kappa shape index (κ2) is 4.96. The maximum Gasteiger partial charge on any atom is 0.0742 e. The molecule has 0 aromatic heterocycles. The highest BCUT2D eigenvalue weighted by Gasteiger charge is 2.22. The average molecular weight is 182 g/mol. The van der Waals surface area contributed by atoms with Gasteiger partial charge in [-0.2, -0.15) is 0 Å². The highest BCUT2D eigenvalue weighted by Crippen LogP contribution is 2.13. The van der Waals surface area contributed by atoms with Crippen molar-refractivity contribution >= 4 is 12.4 Å². The lowest BCUT2D eigenvalue weighted by Gasteiger charge is -2.26. The molecule has 0 unspecified atom stereocenters. The van der Waals surface area contributed by atoms with Crippen molar-refractivity contribution in [3.05, 3.63) is 0 Å². The summed E-state index contributed by atoms with van der Waals surface area (Å²) in [5, 5.41) is 9.41. The highest BCUT2D eigenvalue weighted by molar-refractivity contribution is 5.85. The highest BCUT2D eigenvalue weighted by atomic mass is 35.5. The predicted octanol–water partition coefficient (Wildman–Crippen LogP) is 1.55. The van der Waals surface area contributed by atoms with Crippen molar-refractivity contribution in [2.45, 2.75) is 45.8 Å². The largest absolute Gasteiger partial charge is 0.389 e. The fraction of sp³-hybridized carbons (Fsp3) is 1.00. The third kappa shape index (κ3) is 6.60. The van der Waals surface area contributed by atoms with E-state index in [4.69, 9.17) is 5.73 Å². The molecule has 0 fully saturated rings. The molecule has 0 bridgehead atoms. The third-order valence-electron chi connectivity index (χ3n) is 1.63. The van der Waals surface area contributed by atoms with Crippen LogP contribution in [0.25, 0.3) is 0 Å². The van der Waals surface area contributed by atoms with Crippen LogP contribution in [0.1, 0.15) is 34.1 Å². The lowest BCUT2D eigenvalue weighted by Crippen LogP contribution is -2.43. The van der Waals surface area contributed by atoms with Gasteiger partial charge in [0.25, 0.3) is 0 Å². The topological polar surface area (TPSA) is 46.2 Å². The minimum absolute atomic E-state index is 0. The van der Waals surface area contributed by atoms with Gasteiger partial charge in [0, 0.05) is 6.04 Å². The molecule has 0 aromatic carbocycles. The molecule has 0 spiro atoms. The third-order valence-corrected chi connectivity index (χ3v) is 1.63. The second-order valence-electron chi connectivity index (χ2n) is 3.89. The Labute approximate surface area is 75.6 Å². The summed E-state index contributed by atoms with van der Waals surface area (Å²) in [6.45, 7) is 7.71. The van der Waals surface area contributed by atoms with Crippen molar-refractivity contribution in [3.63, 3.8) is 0 Å². The van der Waals surface area contributed by atoms with E-state index in [2.05, 4.69) is 13.8 Å². The maximum atomic E-state index is 9.41. The van der Waals surface area contributed by atoms with Gasteiger partial charge < -0.3 is 10.8 Å². The Balaban J connectivity index is 0. The first kappa shape index (κ1) is 13.8. The second-order valence-corrected chi connectivity index (χ2v) is 3.89. The molecule has 0 aliphatic carbocycles. The lowest BCUT2D eigenvalue weighted by molar-refractivity contribution is 0.0448. The first-order valence-electron chi connectivity index (χ1n) is 3.82. The van der Waals surface area contributed by atoms with Gasteiger partial charge in [-0.1, -0.05) is 13.8 Å². The zero-order valence-corrected chi connectivity index (χ0v) is 8.61. The van der Waals surface area contributed by atoms with Crippen LogP contribution >= 0.6 is 12.4 Å². The van der Waals surface area contributed by atoms with Crippen molar-refractivity contribution in [2.24, 2.45) is 11.7 Å². The van der Waals surface area contributed by atoms with Gasteiger partial charge in [0.05, 0.1) is 5.60 Å². The van der Waals surface area contributed by atoms with Gasteiger partial charge in [-0.05, 0) is 26.2 Å². The molecule has 70 valence electrons. The molecule has 0 amide bonds. The van der Waals surface area contributed by atoms with Crippen LogP contribution < -0.4 is 5.73 Å². The van der Waals surface area contributed by atoms with E-state index in [0.717, 1.165) is 6.42 Å². The molecule has 2 nitrogen and oxygen atoms in total. The Hall–Kier alpha value is 0.210.